The maximum Gasteiger partial charge on any atom is 0.408 e. The molecule has 0 aromatic heterocycles. The van der Waals surface area contributed by atoms with E-state index in [1.165, 1.54) is 13.8 Å². The van der Waals surface area contributed by atoms with Gasteiger partial charge in [-0.2, -0.15) is 0 Å². The second kappa shape index (κ2) is 18.6. The molecule has 0 aliphatic heterocycles. The van der Waals surface area contributed by atoms with Crippen LogP contribution in [0.5, 0.6) is 0 Å². The van der Waals surface area contributed by atoms with E-state index >= 15 is 0 Å². The molecule has 0 spiro atoms. The number of nitrogens with two attached hydrogens (primary N) is 1. The van der Waals surface area contributed by atoms with Gasteiger partial charge in [-0.3, -0.25) is 14.4 Å². The van der Waals surface area contributed by atoms with E-state index in [2.05, 4.69) is 16.0 Å². The first-order valence-corrected chi connectivity index (χ1v) is 15.6. The third-order valence-electron chi connectivity index (χ3n) is 7.68. The second-order valence-electron chi connectivity index (χ2n) is 11.8. The third-order valence-corrected chi connectivity index (χ3v) is 7.68. The van der Waals surface area contributed by atoms with E-state index in [0.29, 0.717) is 6.42 Å². The minimum atomic E-state index is -1.73. The number of nitrogens with one attached hydrogen (secondary N) is 3. The van der Waals surface area contributed by atoms with Crippen LogP contribution in [-0.2, 0) is 35.3 Å². The van der Waals surface area contributed by atoms with E-state index < -0.39 is 65.9 Å². The van der Waals surface area contributed by atoms with Crippen molar-refractivity contribution in [2.24, 2.45) is 17.6 Å². The van der Waals surface area contributed by atoms with E-state index in [0.717, 1.165) is 29.5 Å². The number of hydrogen-bond donors (Lipinski definition) is 5. The summed E-state index contributed by atoms with van der Waals surface area (Å²) in [7, 11) is 0. The summed E-state index contributed by atoms with van der Waals surface area (Å²) in [5.74, 6) is -4.34. The van der Waals surface area contributed by atoms with Gasteiger partial charge in [0.25, 0.3) is 0 Å². The Balaban J connectivity index is 1.91. The number of hydrogen-bond acceptors (Lipinski definition) is 9. The molecule has 2 aromatic carbocycles. The van der Waals surface area contributed by atoms with Gasteiger partial charge in [-0.25, -0.2) is 9.59 Å². The second-order valence-corrected chi connectivity index (χ2v) is 11.8. The smallest absolute Gasteiger partial charge is 0.408 e. The normalized spacial score (nSPS) is 14.3. The highest BCUT2D eigenvalue weighted by molar-refractivity contribution is 5.94. The van der Waals surface area contributed by atoms with Gasteiger partial charge in [-0.1, -0.05) is 88.2 Å². The quantitative estimate of drug-likeness (QED) is 0.0983. The van der Waals surface area contributed by atoms with Crippen molar-refractivity contribution in [2.75, 3.05) is 13.2 Å². The number of unbranched alkanes of at least 4 members (excludes halogenated alkanes) is 2. The Hall–Kier alpha value is -4.29. The molecule has 12 heteroatoms. The molecule has 0 heterocycles. The number of amides is 3. The van der Waals surface area contributed by atoms with Crippen molar-refractivity contribution >= 4 is 29.8 Å². The minimum absolute atomic E-state index is 0.0175. The number of benzene rings is 2. The molecule has 2 aromatic rings. The molecule has 252 valence electrons. The maximum atomic E-state index is 13.2. The summed E-state index contributed by atoms with van der Waals surface area (Å²) in [6.45, 7) is 7.35. The lowest BCUT2D eigenvalue weighted by atomic mass is 9.85. The van der Waals surface area contributed by atoms with Gasteiger partial charge in [0.2, 0.25) is 11.8 Å². The summed E-state index contributed by atoms with van der Waals surface area (Å²) >= 11 is 0. The molecule has 0 bridgehead atoms. The number of aliphatic hydroxyl groups is 1. The number of aliphatic hydroxyl groups excluding tert-OH is 1. The highest BCUT2D eigenvalue weighted by Crippen LogP contribution is 2.24. The van der Waals surface area contributed by atoms with E-state index in [-0.39, 0.29) is 19.6 Å². The summed E-state index contributed by atoms with van der Waals surface area (Å²) in [6, 6.07) is 15.0. The minimum Gasteiger partial charge on any atom is -0.445 e. The zero-order valence-corrected chi connectivity index (χ0v) is 27.3. The predicted octanol–water partition coefficient (Wildman–Crippen LogP) is 3.20. The topological polar surface area (TPSA) is 186 Å². The van der Waals surface area contributed by atoms with Gasteiger partial charge in [-0.15, -0.1) is 0 Å². The van der Waals surface area contributed by atoms with Crippen LogP contribution in [0, 0.1) is 11.8 Å². The molecule has 2 rings (SSSR count). The number of carbonyl (C=O) groups excluding carboxylic acids is 5. The van der Waals surface area contributed by atoms with Gasteiger partial charge in [0.1, 0.15) is 18.7 Å². The third kappa shape index (κ3) is 11.6. The van der Waals surface area contributed by atoms with Crippen molar-refractivity contribution in [3.63, 3.8) is 0 Å². The van der Waals surface area contributed by atoms with Crippen LogP contribution < -0.4 is 21.7 Å². The van der Waals surface area contributed by atoms with Gasteiger partial charge in [0.05, 0.1) is 5.54 Å². The zero-order valence-electron chi connectivity index (χ0n) is 27.3. The number of carbonyl (C=O) groups is 5. The molecule has 12 nitrogen and oxygen atoms in total. The molecule has 0 saturated heterocycles. The first kappa shape index (κ1) is 37.9. The summed E-state index contributed by atoms with van der Waals surface area (Å²) in [5.41, 5.74) is 7.25. The molecule has 0 aliphatic carbocycles. The van der Waals surface area contributed by atoms with Crippen molar-refractivity contribution in [1.29, 1.82) is 0 Å². The zero-order chi connectivity index (χ0) is 34.3. The van der Waals surface area contributed by atoms with Crippen LogP contribution in [-0.4, -0.2) is 65.7 Å². The molecule has 0 radical (unpaired) electrons. The SMILES string of the molecule is CCCCCC(=O)OC(=O)C(NC(=O)[C@](C)(N)C(CO)CNC(=O)[C@H](C)NC(=O)OCc1ccccc1-c1ccccc1)C(C)C. The lowest BCUT2D eigenvalue weighted by molar-refractivity contribution is -0.163. The van der Waals surface area contributed by atoms with Crippen LogP contribution in [0.3, 0.4) is 0 Å². The van der Waals surface area contributed by atoms with E-state index in [9.17, 15) is 29.1 Å². The van der Waals surface area contributed by atoms with Crippen LogP contribution in [0.2, 0.25) is 0 Å². The highest BCUT2D eigenvalue weighted by atomic mass is 16.6. The Morgan fingerprint density at radius 1 is 0.935 bits per heavy atom. The highest BCUT2D eigenvalue weighted by Gasteiger charge is 2.40. The summed E-state index contributed by atoms with van der Waals surface area (Å²) in [4.78, 5) is 63.1. The van der Waals surface area contributed by atoms with Gasteiger partial charge in [0.15, 0.2) is 0 Å². The molecular weight excluding hydrogens is 592 g/mol. The van der Waals surface area contributed by atoms with E-state index in [1.807, 2.05) is 61.5 Å². The maximum absolute atomic E-state index is 13.2. The van der Waals surface area contributed by atoms with E-state index in [4.69, 9.17) is 15.2 Å². The lowest BCUT2D eigenvalue weighted by Crippen LogP contribution is -2.63. The van der Waals surface area contributed by atoms with Gasteiger partial charge in [-0.05, 0) is 42.9 Å². The fraction of sp³-hybridized carbons (Fsp3) is 0.500. The molecule has 4 atom stereocenters. The fourth-order valence-electron chi connectivity index (χ4n) is 4.54. The molecule has 0 saturated carbocycles. The molecule has 46 heavy (non-hydrogen) atoms. The Morgan fingerprint density at radius 2 is 1.59 bits per heavy atom. The van der Waals surface area contributed by atoms with Crippen LogP contribution in [0.25, 0.3) is 11.1 Å². The van der Waals surface area contributed by atoms with Crippen LogP contribution in [0.15, 0.2) is 54.6 Å². The van der Waals surface area contributed by atoms with Gasteiger partial charge >= 0.3 is 18.0 Å². The number of ether oxygens (including phenoxy) is 2. The standard InChI is InChI=1S/C34H48N4O8/c1-6-7-9-18-28(40)46-31(42)29(22(2)3)38-32(43)34(5,35)26(20-39)19-36-30(41)23(4)37-33(44)45-21-25-16-12-13-17-27(25)24-14-10-8-11-15-24/h8,10-17,22-23,26,29,39H,6-7,9,18-21,35H2,1-5H3,(H,36,41)(H,37,44)(H,38,43)/t23-,26?,29?,34+/m0/s1. The monoisotopic (exact) mass is 640 g/mol. The van der Waals surface area contributed by atoms with Crippen molar-refractivity contribution in [3.05, 3.63) is 60.2 Å². The first-order chi connectivity index (χ1) is 21.8. The molecule has 2 unspecified atom stereocenters. The number of esters is 2. The van der Waals surface area contributed by atoms with Crippen LogP contribution in [0.1, 0.15) is 65.9 Å². The predicted molar refractivity (Wildman–Crippen MR) is 173 cm³/mol. The Bertz CT molecular complexity index is 1320. The summed E-state index contributed by atoms with van der Waals surface area (Å²) in [5, 5.41) is 17.6. The Morgan fingerprint density at radius 3 is 2.22 bits per heavy atom. The molecular formula is C34H48N4O8. The first-order valence-electron chi connectivity index (χ1n) is 15.6. The lowest BCUT2D eigenvalue weighted by Gasteiger charge is -2.34. The van der Waals surface area contributed by atoms with Crippen molar-refractivity contribution in [2.45, 2.75) is 84.5 Å². The van der Waals surface area contributed by atoms with Gasteiger partial charge in [0, 0.05) is 25.5 Å². The van der Waals surface area contributed by atoms with E-state index in [1.54, 1.807) is 13.8 Å². The Kier molecular flexibility index (Phi) is 15.3. The molecule has 6 N–H and O–H groups in total. The van der Waals surface area contributed by atoms with Crippen molar-refractivity contribution in [3.8, 4) is 11.1 Å². The average molecular weight is 641 g/mol. The molecule has 0 fully saturated rings. The Labute approximate surface area is 270 Å². The van der Waals surface area contributed by atoms with Crippen molar-refractivity contribution < 1.29 is 38.6 Å². The largest absolute Gasteiger partial charge is 0.445 e. The van der Waals surface area contributed by atoms with Crippen LogP contribution in [0.4, 0.5) is 4.79 Å². The summed E-state index contributed by atoms with van der Waals surface area (Å²) in [6.07, 6.45) is 1.60. The number of alkyl carbamates (subject to hydrolysis) is 1. The average Bonchev–Trinajstić information content (AvgIpc) is 3.02. The number of rotatable bonds is 17. The molecule has 0 aliphatic rings. The molecule has 3 amide bonds. The summed E-state index contributed by atoms with van der Waals surface area (Å²) < 4.78 is 10.3. The van der Waals surface area contributed by atoms with Crippen molar-refractivity contribution in [1.82, 2.24) is 16.0 Å². The fourth-order valence-corrected chi connectivity index (χ4v) is 4.54. The van der Waals surface area contributed by atoms with Gasteiger partial charge < -0.3 is 36.3 Å². The van der Waals surface area contributed by atoms with Crippen LogP contribution >= 0.6 is 0 Å².